The van der Waals surface area contributed by atoms with Crippen LogP contribution in [-0.2, 0) is 19.5 Å². The van der Waals surface area contributed by atoms with Crippen molar-refractivity contribution in [1.82, 2.24) is 14.7 Å². The minimum Gasteiger partial charge on any atom is -0.330 e. The molecule has 2 N–H and O–H groups in total. The molecule has 0 bridgehead atoms. The third-order valence-electron chi connectivity index (χ3n) is 4.14. The highest BCUT2D eigenvalue weighted by molar-refractivity contribution is 5.10. The number of piperidine rings is 1. The van der Waals surface area contributed by atoms with Gasteiger partial charge >= 0.3 is 0 Å². The molecule has 1 fully saturated rings. The quantitative estimate of drug-likeness (QED) is 0.855. The van der Waals surface area contributed by atoms with Gasteiger partial charge in [0.05, 0.1) is 11.4 Å². The standard InChI is InChI=1S/C15H28N4/c1-3-14-10-15(19(4-2)17-14)12-18-9-5-6-13(11-18)7-8-16/h10,13H,3-9,11-12,16H2,1-2H3. The van der Waals surface area contributed by atoms with Gasteiger partial charge in [-0.15, -0.1) is 0 Å². The zero-order valence-corrected chi connectivity index (χ0v) is 12.4. The monoisotopic (exact) mass is 264 g/mol. The second-order valence-electron chi connectivity index (χ2n) is 5.62. The third-order valence-corrected chi connectivity index (χ3v) is 4.14. The molecule has 1 saturated heterocycles. The van der Waals surface area contributed by atoms with Gasteiger partial charge in [0.1, 0.15) is 0 Å². The number of aromatic nitrogens is 2. The summed E-state index contributed by atoms with van der Waals surface area (Å²) in [4.78, 5) is 2.58. The summed E-state index contributed by atoms with van der Waals surface area (Å²) in [5, 5.41) is 4.64. The van der Waals surface area contributed by atoms with E-state index in [2.05, 4.69) is 34.6 Å². The van der Waals surface area contributed by atoms with Gasteiger partial charge in [0.2, 0.25) is 0 Å². The van der Waals surface area contributed by atoms with E-state index in [1.807, 2.05) is 0 Å². The number of rotatable bonds is 6. The molecule has 1 aromatic heterocycles. The maximum atomic E-state index is 5.69. The highest BCUT2D eigenvalue weighted by Gasteiger charge is 2.20. The first-order valence-corrected chi connectivity index (χ1v) is 7.74. The Morgan fingerprint density at radius 1 is 1.42 bits per heavy atom. The summed E-state index contributed by atoms with van der Waals surface area (Å²) in [5.41, 5.74) is 8.28. The normalized spacial score (nSPS) is 20.9. The molecule has 4 heteroatoms. The number of likely N-dealkylation sites (tertiary alicyclic amines) is 1. The largest absolute Gasteiger partial charge is 0.330 e. The fourth-order valence-corrected chi connectivity index (χ4v) is 3.08. The summed E-state index contributed by atoms with van der Waals surface area (Å²) >= 11 is 0. The van der Waals surface area contributed by atoms with Gasteiger partial charge in [-0.05, 0) is 57.7 Å². The van der Waals surface area contributed by atoms with Crippen molar-refractivity contribution < 1.29 is 0 Å². The maximum Gasteiger partial charge on any atom is 0.0625 e. The summed E-state index contributed by atoms with van der Waals surface area (Å²) < 4.78 is 2.16. The molecule has 4 nitrogen and oxygen atoms in total. The van der Waals surface area contributed by atoms with Gasteiger partial charge in [-0.3, -0.25) is 9.58 Å². The van der Waals surface area contributed by atoms with Crippen LogP contribution in [-0.4, -0.2) is 34.3 Å². The van der Waals surface area contributed by atoms with E-state index in [1.165, 1.54) is 43.7 Å². The number of nitrogens with two attached hydrogens (primary N) is 1. The average molecular weight is 264 g/mol. The Morgan fingerprint density at radius 2 is 2.26 bits per heavy atom. The predicted octanol–water partition coefficient (Wildman–Crippen LogP) is 2.03. The van der Waals surface area contributed by atoms with Crippen molar-refractivity contribution in [2.45, 2.75) is 52.6 Å². The first kappa shape index (κ1) is 14.5. The zero-order chi connectivity index (χ0) is 13.7. The summed E-state index contributed by atoms with van der Waals surface area (Å²) in [6.07, 6.45) is 4.85. The van der Waals surface area contributed by atoms with Gasteiger partial charge in [-0.25, -0.2) is 0 Å². The molecule has 19 heavy (non-hydrogen) atoms. The predicted molar refractivity (Wildman–Crippen MR) is 79.0 cm³/mol. The summed E-state index contributed by atoms with van der Waals surface area (Å²) in [7, 11) is 0. The summed E-state index contributed by atoms with van der Waals surface area (Å²) in [6.45, 7) is 9.60. The third kappa shape index (κ3) is 3.80. The van der Waals surface area contributed by atoms with E-state index in [4.69, 9.17) is 5.73 Å². The number of hydrogen-bond acceptors (Lipinski definition) is 3. The van der Waals surface area contributed by atoms with Crippen molar-refractivity contribution in [2.24, 2.45) is 11.7 Å². The smallest absolute Gasteiger partial charge is 0.0625 e. The highest BCUT2D eigenvalue weighted by atomic mass is 15.3. The average Bonchev–Trinajstić information content (AvgIpc) is 2.82. The van der Waals surface area contributed by atoms with Crippen molar-refractivity contribution in [2.75, 3.05) is 19.6 Å². The number of aryl methyl sites for hydroxylation is 2. The molecule has 0 aliphatic carbocycles. The van der Waals surface area contributed by atoms with Gasteiger partial charge in [0, 0.05) is 19.6 Å². The second-order valence-corrected chi connectivity index (χ2v) is 5.62. The van der Waals surface area contributed by atoms with Gasteiger partial charge in [-0.2, -0.15) is 5.10 Å². The van der Waals surface area contributed by atoms with E-state index in [-0.39, 0.29) is 0 Å². The van der Waals surface area contributed by atoms with Crippen LogP contribution in [0.3, 0.4) is 0 Å². The SMILES string of the molecule is CCc1cc(CN2CCCC(CCN)C2)n(CC)n1. The van der Waals surface area contributed by atoms with E-state index in [0.29, 0.717) is 0 Å². The molecule has 108 valence electrons. The van der Waals surface area contributed by atoms with Crippen LogP contribution in [0, 0.1) is 5.92 Å². The Hall–Kier alpha value is -0.870. The molecule has 0 spiro atoms. The van der Waals surface area contributed by atoms with Gasteiger partial charge in [-0.1, -0.05) is 6.92 Å². The molecular weight excluding hydrogens is 236 g/mol. The number of nitrogens with zero attached hydrogens (tertiary/aromatic N) is 3. The van der Waals surface area contributed by atoms with Gasteiger partial charge < -0.3 is 5.73 Å². The molecule has 1 aliphatic heterocycles. The van der Waals surface area contributed by atoms with Crippen LogP contribution >= 0.6 is 0 Å². The lowest BCUT2D eigenvalue weighted by atomic mass is 9.95. The van der Waals surface area contributed by atoms with E-state index < -0.39 is 0 Å². The first-order chi connectivity index (χ1) is 9.26. The Kier molecular flexibility index (Phi) is 5.40. The molecule has 0 radical (unpaired) electrons. The van der Waals surface area contributed by atoms with Crippen molar-refractivity contribution in [3.05, 3.63) is 17.5 Å². The van der Waals surface area contributed by atoms with Crippen molar-refractivity contribution in [1.29, 1.82) is 0 Å². The lowest BCUT2D eigenvalue weighted by Crippen LogP contribution is -2.36. The Morgan fingerprint density at radius 3 is 2.95 bits per heavy atom. The minimum atomic E-state index is 0.794. The minimum absolute atomic E-state index is 0.794. The topological polar surface area (TPSA) is 47.1 Å². The van der Waals surface area contributed by atoms with E-state index in [0.717, 1.165) is 32.0 Å². The molecule has 0 aromatic carbocycles. The van der Waals surface area contributed by atoms with Gasteiger partial charge in [0.25, 0.3) is 0 Å². The van der Waals surface area contributed by atoms with Crippen LogP contribution in [0.15, 0.2) is 6.07 Å². The van der Waals surface area contributed by atoms with Crippen LogP contribution in [0.25, 0.3) is 0 Å². The molecule has 2 heterocycles. The van der Waals surface area contributed by atoms with Gasteiger partial charge in [0.15, 0.2) is 0 Å². The fourth-order valence-electron chi connectivity index (χ4n) is 3.08. The first-order valence-electron chi connectivity index (χ1n) is 7.74. The Labute approximate surface area is 117 Å². The lowest BCUT2D eigenvalue weighted by molar-refractivity contribution is 0.159. The summed E-state index contributed by atoms with van der Waals surface area (Å²) in [6, 6.07) is 2.27. The number of hydrogen-bond donors (Lipinski definition) is 1. The fraction of sp³-hybridized carbons (Fsp3) is 0.800. The maximum absolute atomic E-state index is 5.69. The highest BCUT2D eigenvalue weighted by Crippen LogP contribution is 2.21. The van der Waals surface area contributed by atoms with E-state index in [1.54, 1.807) is 0 Å². The van der Waals surface area contributed by atoms with Crippen molar-refractivity contribution in [3.8, 4) is 0 Å². The molecule has 1 aromatic rings. The molecule has 2 rings (SSSR count). The van der Waals surface area contributed by atoms with Crippen LogP contribution in [0.1, 0.15) is 44.5 Å². The second kappa shape index (κ2) is 7.06. The van der Waals surface area contributed by atoms with Crippen LogP contribution in [0.4, 0.5) is 0 Å². The molecule has 1 aliphatic rings. The van der Waals surface area contributed by atoms with Crippen LogP contribution < -0.4 is 5.73 Å². The molecule has 1 unspecified atom stereocenters. The van der Waals surface area contributed by atoms with E-state index in [9.17, 15) is 0 Å². The molecular formula is C15H28N4. The van der Waals surface area contributed by atoms with Crippen LogP contribution in [0.2, 0.25) is 0 Å². The van der Waals surface area contributed by atoms with Crippen LogP contribution in [0.5, 0.6) is 0 Å². The Bertz CT molecular complexity index is 383. The lowest BCUT2D eigenvalue weighted by Gasteiger charge is -2.32. The Balaban J connectivity index is 1.97. The summed E-state index contributed by atoms with van der Waals surface area (Å²) in [5.74, 6) is 0.794. The van der Waals surface area contributed by atoms with Crippen molar-refractivity contribution >= 4 is 0 Å². The van der Waals surface area contributed by atoms with Crippen molar-refractivity contribution in [3.63, 3.8) is 0 Å². The van der Waals surface area contributed by atoms with E-state index >= 15 is 0 Å². The molecule has 1 atom stereocenters. The molecule has 0 saturated carbocycles. The molecule has 0 amide bonds. The zero-order valence-electron chi connectivity index (χ0n) is 12.4.